The van der Waals surface area contributed by atoms with Crippen LogP contribution in [0.25, 0.3) is 0 Å². The average Bonchev–Trinajstić information content (AvgIpc) is 2.32. The number of aromatic nitrogens is 1. The van der Waals surface area contributed by atoms with Gasteiger partial charge in [0.2, 0.25) is 0 Å². The van der Waals surface area contributed by atoms with E-state index in [9.17, 15) is 0 Å². The van der Waals surface area contributed by atoms with E-state index >= 15 is 0 Å². The number of hydrogen-bond donors (Lipinski definition) is 1. The molecule has 0 aliphatic heterocycles. The van der Waals surface area contributed by atoms with E-state index in [2.05, 4.69) is 24.9 Å². The fraction of sp³-hybridized carbons (Fsp3) is 0.615. The highest BCUT2D eigenvalue weighted by molar-refractivity contribution is 7.99. The van der Waals surface area contributed by atoms with Crippen molar-refractivity contribution in [3.05, 3.63) is 18.3 Å². The number of nitrogens with zero attached hydrogens (tertiary/aromatic N) is 1. The number of hydrogen-bond acceptors (Lipinski definition) is 3. The summed E-state index contributed by atoms with van der Waals surface area (Å²) in [5.41, 5.74) is 5.55. The minimum absolute atomic E-state index is 0.599. The third-order valence-corrected chi connectivity index (χ3v) is 4.00. The first-order valence-corrected chi connectivity index (χ1v) is 7.09. The molecule has 1 unspecified atom stereocenters. The molecule has 1 aromatic heterocycles. The molecule has 1 aromatic rings. The summed E-state index contributed by atoms with van der Waals surface area (Å²) >= 11 is 1.89. The second kappa shape index (κ2) is 7.55. The summed E-state index contributed by atoms with van der Waals surface area (Å²) in [6.07, 6.45) is 7.13. The molecule has 0 radical (unpaired) electrons. The molecule has 0 saturated carbocycles. The monoisotopic (exact) mass is 238 g/mol. The fourth-order valence-corrected chi connectivity index (χ4v) is 2.71. The van der Waals surface area contributed by atoms with Crippen molar-refractivity contribution >= 4 is 17.6 Å². The number of unbranched alkanes of at least 4 members (excludes halogenated alkanes) is 1. The molecule has 0 saturated heterocycles. The zero-order chi connectivity index (χ0) is 11.8. The molecule has 1 rings (SSSR count). The number of nitrogen functional groups attached to an aromatic ring is 1. The van der Waals surface area contributed by atoms with E-state index in [1.165, 1.54) is 36.3 Å². The SMILES string of the molecule is CCCCC(CC)CSc1ccc(N)nc1. The maximum Gasteiger partial charge on any atom is 0.123 e. The predicted molar refractivity (Wildman–Crippen MR) is 72.7 cm³/mol. The lowest BCUT2D eigenvalue weighted by molar-refractivity contribution is 0.499. The van der Waals surface area contributed by atoms with Gasteiger partial charge in [0.15, 0.2) is 0 Å². The fourth-order valence-electron chi connectivity index (χ4n) is 1.59. The maximum atomic E-state index is 5.55. The Morgan fingerprint density at radius 2 is 2.19 bits per heavy atom. The van der Waals surface area contributed by atoms with Crippen LogP contribution in [0.3, 0.4) is 0 Å². The maximum absolute atomic E-state index is 5.55. The first-order chi connectivity index (χ1) is 7.76. The molecule has 1 atom stereocenters. The lowest BCUT2D eigenvalue weighted by atomic mass is 10.0. The molecule has 90 valence electrons. The lowest BCUT2D eigenvalue weighted by Crippen LogP contribution is -2.02. The molecule has 0 aromatic carbocycles. The Labute approximate surface area is 103 Å². The van der Waals surface area contributed by atoms with Crippen molar-refractivity contribution in [1.82, 2.24) is 4.98 Å². The highest BCUT2D eigenvalue weighted by atomic mass is 32.2. The van der Waals surface area contributed by atoms with Gasteiger partial charge in [-0.15, -0.1) is 11.8 Å². The lowest BCUT2D eigenvalue weighted by Gasteiger charge is -2.13. The standard InChI is InChI=1S/C13H22N2S/c1-3-5-6-11(4-2)10-16-12-7-8-13(14)15-9-12/h7-9,11H,3-6,10H2,1-2H3,(H2,14,15). The molecule has 0 spiro atoms. The molecule has 0 fully saturated rings. The first-order valence-electron chi connectivity index (χ1n) is 6.10. The quantitative estimate of drug-likeness (QED) is 0.730. The number of thioether (sulfide) groups is 1. The van der Waals surface area contributed by atoms with Crippen LogP contribution in [-0.2, 0) is 0 Å². The Balaban J connectivity index is 2.34. The third-order valence-electron chi connectivity index (χ3n) is 2.79. The van der Waals surface area contributed by atoms with Crippen LogP contribution in [-0.4, -0.2) is 10.7 Å². The molecule has 2 N–H and O–H groups in total. The van der Waals surface area contributed by atoms with Gasteiger partial charge in [-0.25, -0.2) is 4.98 Å². The van der Waals surface area contributed by atoms with Crippen molar-refractivity contribution in [2.24, 2.45) is 5.92 Å². The highest BCUT2D eigenvalue weighted by Gasteiger charge is 2.06. The molecule has 3 heteroatoms. The minimum atomic E-state index is 0.599. The summed E-state index contributed by atoms with van der Waals surface area (Å²) in [4.78, 5) is 5.33. The van der Waals surface area contributed by atoms with E-state index in [0.717, 1.165) is 5.92 Å². The smallest absolute Gasteiger partial charge is 0.123 e. The largest absolute Gasteiger partial charge is 0.384 e. The Bertz CT molecular complexity index is 284. The Hall–Kier alpha value is -0.700. The summed E-state index contributed by atoms with van der Waals surface area (Å²) in [5, 5.41) is 0. The minimum Gasteiger partial charge on any atom is -0.384 e. The van der Waals surface area contributed by atoms with Crippen molar-refractivity contribution < 1.29 is 0 Å². The zero-order valence-corrected chi connectivity index (χ0v) is 11.1. The second-order valence-electron chi connectivity index (χ2n) is 4.15. The van der Waals surface area contributed by atoms with Crippen LogP contribution in [0.1, 0.15) is 39.5 Å². The Kier molecular flexibility index (Phi) is 6.31. The van der Waals surface area contributed by atoms with Crippen molar-refractivity contribution in [1.29, 1.82) is 0 Å². The summed E-state index contributed by atoms with van der Waals surface area (Å²) in [5.74, 6) is 2.63. The van der Waals surface area contributed by atoms with Crippen LogP contribution < -0.4 is 5.73 Å². The Morgan fingerprint density at radius 3 is 2.75 bits per heavy atom. The van der Waals surface area contributed by atoms with Gasteiger partial charge in [0.1, 0.15) is 5.82 Å². The zero-order valence-electron chi connectivity index (χ0n) is 10.3. The third kappa shape index (κ3) is 4.88. The molecular weight excluding hydrogens is 216 g/mol. The second-order valence-corrected chi connectivity index (χ2v) is 5.24. The summed E-state index contributed by atoms with van der Waals surface area (Å²) in [6, 6.07) is 3.93. The molecule has 0 bridgehead atoms. The molecule has 16 heavy (non-hydrogen) atoms. The van der Waals surface area contributed by atoms with Crippen molar-refractivity contribution in [3.63, 3.8) is 0 Å². The summed E-state index contributed by atoms with van der Waals surface area (Å²) < 4.78 is 0. The average molecular weight is 238 g/mol. The number of rotatable bonds is 7. The van der Waals surface area contributed by atoms with Gasteiger partial charge in [-0.05, 0) is 24.5 Å². The van der Waals surface area contributed by atoms with Crippen LogP contribution in [0, 0.1) is 5.92 Å². The normalized spacial score (nSPS) is 12.6. The van der Waals surface area contributed by atoms with Gasteiger partial charge < -0.3 is 5.73 Å². The van der Waals surface area contributed by atoms with Gasteiger partial charge in [-0.2, -0.15) is 0 Å². The van der Waals surface area contributed by atoms with E-state index in [4.69, 9.17) is 5.73 Å². The summed E-state index contributed by atoms with van der Waals surface area (Å²) in [7, 11) is 0. The molecule has 0 aliphatic carbocycles. The predicted octanol–water partition coefficient (Wildman–Crippen LogP) is 3.97. The van der Waals surface area contributed by atoms with Gasteiger partial charge in [0, 0.05) is 16.8 Å². The molecule has 1 heterocycles. The van der Waals surface area contributed by atoms with Crippen LogP contribution in [0.5, 0.6) is 0 Å². The number of anilines is 1. The van der Waals surface area contributed by atoms with Gasteiger partial charge in [-0.3, -0.25) is 0 Å². The van der Waals surface area contributed by atoms with E-state index in [0.29, 0.717) is 5.82 Å². The highest BCUT2D eigenvalue weighted by Crippen LogP contribution is 2.24. The van der Waals surface area contributed by atoms with Crippen LogP contribution >= 0.6 is 11.8 Å². The van der Waals surface area contributed by atoms with Gasteiger partial charge in [0.05, 0.1) is 0 Å². The molecular formula is C13H22N2S. The van der Waals surface area contributed by atoms with Gasteiger partial charge in [0.25, 0.3) is 0 Å². The Morgan fingerprint density at radius 1 is 1.38 bits per heavy atom. The van der Waals surface area contributed by atoms with E-state index in [1.54, 1.807) is 0 Å². The van der Waals surface area contributed by atoms with Crippen LogP contribution in [0.2, 0.25) is 0 Å². The van der Waals surface area contributed by atoms with Crippen LogP contribution in [0.4, 0.5) is 5.82 Å². The van der Waals surface area contributed by atoms with E-state index in [-0.39, 0.29) is 0 Å². The van der Waals surface area contributed by atoms with E-state index < -0.39 is 0 Å². The number of nitrogens with two attached hydrogens (primary N) is 1. The van der Waals surface area contributed by atoms with Gasteiger partial charge in [-0.1, -0.05) is 33.1 Å². The molecule has 0 amide bonds. The van der Waals surface area contributed by atoms with Crippen molar-refractivity contribution in [2.45, 2.75) is 44.4 Å². The van der Waals surface area contributed by atoms with Gasteiger partial charge >= 0.3 is 0 Å². The topological polar surface area (TPSA) is 38.9 Å². The molecule has 0 aliphatic rings. The van der Waals surface area contributed by atoms with Crippen molar-refractivity contribution in [3.8, 4) is 0 Å². The van der Waals surface area contributed by atoms with Crippen LogP contribution in [0.15, 0.2) is 23.2 Å². The van der Waals surface area contributed by atoms with E-state index in [1.807, 2.05) is 24.0 Å². The molecule has 2 nitrogen and oxygen atoms in total. The van der Waals surface area contributed by atoms with Crippen molar-refractivity contribution in [2.75, 3.05) is 11.5 Å². The summed E-state index contributed by atoms with van der Waals surface area (Å²) in [6.45, 7) is 4.53. The number of pyridine rings is 1. The first kappa shape index (κ1) is 13.4.